The molecule has 96 valence electrons. The summed E-state index contributed by atoms with van der Waals surface area (Å²) in [5, 5.41) is 22.6. The Balaban J connectivity index is 1.90. The molecule has 0 unspecified atom stereocenters. The third kappa shape index (κ3) is 2.59. The van der Waals surface area contributed by atoms with E-state index < -0.39 is 5.97 Å². The zero-order valence-corrected chi connectivity index (χ0v) is 10.2. The molecule has 0 radical (unpaired) electrons. The zero-order valence-electron chi connectivity index (χ0n) is 9.40. The van der Waals surface area contributed by atoms with Gasteiger partial charge in [-0.3, -0.25) is 9.25 Å². The van der Waals surface area contributed by atoms with Crippen LogP contribution in [0.25, 0.3) is 0 Å². The first kappa shape index (κ1) is 12.4. The van der Waals surface area contributed by atoms with Crippen LogP contribution in [0.1, 0.15) is 10.5 Å². The first-order valence-corrected chi connectivity index (χ1v) is 5.94. The SMILES string of the molecule is Cn1c(SCCn2cc(C(=O)O)nn2)n[nH]c1=O. The Kier molecular flexibility index (Phi) is 3.46. The molecule has 2 rings (SSSR count). The fourth-order valence-electron chi connectivity index (χ4n) is 1.20. The van der Waals surface area contributed by atoms with Crippen LogP contribution < -0.4 is 5.69 Å². The first-order chi connectivity index (χ1) is 8.58. The molecule has 2 N–H and O–H groups in total. The van der Waals surface area contributed by atoms with Crippen LogP contribution in [0.4, 0.5) is 0 Å². The molecule has 0 aliphatic heterocycles. The predicted molar refractivity (Wildman–Crippen MR) is 61.5 cm³/mol. The van der Waals surface area contributed by atoms with E-state index in [4.69, 9.17) is 5.11 Å². The Morgan fingerprint density at radius 3 is 2.94 bits per heavy atom. The molecule has 0 atom stereocenters. The van der Waals surface area contributed by atoms with Gasteiger partial charge in [-0.1, -0.05) is 17.0 Å². The lowest BCUT2D eigenvalue weighted by Gasteiger charge is -1.99. The van der Waals surface area contributed by atoms with Crippen LogP contribution in [-0.4, -0.2) is 46.6 Å². The highest BCUT2D eigenvalue weighted by atomic mass is 32.2. The summed E-state index contributed by atoms with van der Waals surface area (Å²) in [4.78, 5) is 21.7. The summed E-state index contributed by atoms with van der Waals surface area (Å²) < 4.78 is 2.83. The first-order valence-electron chi connectivity index (χ1n) is 4.95. The van der Waals surface area contributed by atoms with E-state index in [1.54, 1.807) is 7.05 Å². The average molecular weight is 270 g/mol. The monoisotopic (exact) mass is 270 g/mol. The van der Waals surface area contributed by atoms with Gasteiger partial charge in [0.15, 0.2) is 10.9 Å². The van der Waals surface area contributed by atoms with Gasteiger partial charge in [0.1, 0.15) is 0 Å². The van der Waals surface area contributed by atoms with Crippen molar-refractivity contribution in [3.05, 3.63) is 22.4 Å². The quantitative estimate of drug-likeness (QED) is 0.682. The van der Waals surface area contributed by atoms with Crippen molar-refractivity contribution >= 4 is 17.7 Å². The summed E-state index contributed by atoms with van der Waals surface area (Å²) in [5.41, 5.74) is -0.362. The Morgan fingerprint density at radius 2 is 2.39 bits per heavy atom. The van der Waals surface area contributed by atoms with Crippen molar-refractivity contribution in [1.82, 2.24) is 29.8 Å². The molecule has 0 fully saturated rings. The van der Waals surface area contributed by atoms with Crippen LogP contribution in [0.15, 0.2) is 16.1 Å². The summed E-state index contributed by atoms with van der Waals surface area (Å²) in [7, 11) is 1.62. The van der Waals surface area contributed by atoms with Gasteiger partial charge in [0.2, 0.25) is 0 Å². The Bertz CT molecular complexity index is 614. The van der Waals surface area contributed by atoms with Gasteiger partial charge in [-0.15, -0.1) is 10.2 Å². The number of carbonyl (C=O) groups is 1. The highest BCUT2D eigenvalue weighted by Gasteiger charge is 2.09. The van der Waals surface area contributed by atoms with Crippen molar-refractivity contribution < 1.29 is 9.90 Å². The van der Waals surface area contributed by atoms with Gasteiger partial charge in [0.05, 0.1) is 12.7 Å². The summed E-state index contributed by atoms with van der Waals surface area (Å²) in [6.45, 7) is 0.478. The standard InChI is InChI=1S/C8H10N6O3S/c1-13-7(17)10-11-8(13)18-3-2-14-4-5(6(15)16)9-12-14/h4H,2-3H2,1H3,(H,10,17)(H,15,16). The second-order valence-corrected chi connectivity index (χ2v) is 4.45. The molecule has 2 aromatic heterocycles. The number of H-pyrrole nitrogens is 1. The van der Waals surface area contributed by atoms with Crippen molar-refractivity contribution in [2.75, 3.05) is 5.75 Å². The van der Waals surface area contributed by atoms with Gasteiger partial charge in [0, 0.05) is 12.8 Å². The van der Waals surface area contributed by atoms with E-state index in [2.05, 4.69) is 20.5 Å². The fourth-order valence-corrected chi connectivity index (χ4v) is 2.05. The van der Waals surface area contributed by atoms with Gasteiger partial charge in [-0.25, -0.2) is 14.7 Å². The van der Waals surface area contributed by atoms with Gasteiger partial charge in [0.25, 0.3) is 0 Å². The molecule has 2 aromatic rings. The third-order valence-corrected chi connectivity index (χ3v) is 3.16. The lowest BCUT2D eigenvalue weighted by atomic mass is 10.5. The lowest BCUT2D eigenvalue weighted by molar-refractivity contribution is 0.0690. The van der Waals surface area contributed by atoms with Crippen molar-refractivity contribution in [2.45, 2.75) is 11.7 Å². The van der Waals surface area contributed by atoms with Crippen LogP contribution >= 0.6 is 11.8 Å². The number of hydrogen-bond donors (Lipinski definition) is 2. The maximum absolute atomic E-state index is 11.1. The van der Waals surface area contributed by atoms with Crippen molar-refractivity contribution in [1.29, 1.82) is 0 Å². The number of thioether (sulfide) groups is 1. The van der Waals surface area contributed by atoms with E-state index >= 15 is 0 Å². The minimum atomic E-state index is -1.11. The summed E-state index contributed by atoms with van der Waals surface area (Å²) in [6.07, 6.45) is 1.35. The number of carboxylic acid groups (broad SMARTS) is 1. The van der Waals surface area contributed by atoms with Gasteiger partial charge < -0.3 is 5.11 Å². The van der Waals surface area contributed by atoms with Crippen LogP contribution in [-0.2, 0) is 13.6 Å². The lowest BCUT2D eigenvalue weighted by Crippen LogP contribution is -2.13. The number of aromatic carboxylic acids is 1. The minimum absolute atomic E-state index is 0.0906. The molecule has 0 amide bonds. The zero-order chi connectivity index (χ0) is 13.1. The summed E-state index contributed by atoms with van der Waals surface area (Å²) in [6, 6.07) is 0. The van der Waals surface area contributed by atoms with E-state index in [9.17, 15) is 9.59 Å². The highest BCUT2D eigenvalue weighted by molar-refractivity contribution is 7.99. The van der Waals surface area contributed by atoms with E-state index in [1.165, 1.54) is 27.2 Å². The van der Waals surface area contributed by atoms with Crippen molar-refractivity contribution in [3.8, 4) is 0 Å². The maximum Gasteiger partial charge on any atom is 0.358 e. The van der Waals surface area contributed by atoms with E-state index in [-0.39, 0.29) is 11.4 Å². The molecular weight excluding hydrogens is 260 g/mol. The maximum atomic E-state index is 11.1. The molecule has 10 heteroatoms. The Morgan fingerprint density at radius 1 is 1.61 bits per heavy atom. The molecule has 2 heterocycles. The molecule has 0 spiro atoms. The molecule has 0 saturated carbocycles. The molecule has 0 aliphatic rings. The van der Waals surface area contributed by atoms with Gasteiger partial charge in [-0.05, 0) is 0 Å². The van der Waals surface area contributed by atoms with Gasteiger partial charge in [-0.2, -0.15) is 0 Å². The largest absolute Gasteiger partial charge is 0.476 e. The number of rotatable bonds is 5. The Hall–Kier alpha value is -2.10. The number of aryl methyl sites for hydroxylation is 1. The minimum Gasteiger partial charge on any atom is -0.476 e. The van der Waals surface area contributed by atoms with Gasteiger partial charge >= 0.3 is 11.7 Å². The van der Waals surface area contributed by atoms with E-state index in [1.807, 2.05) is 0 Å². The molecule has 0 saturated heterocycles. The molecule has 18 heavy (non-hydrogen) atoms. The van der Waals surface area contributed by atoms with Crippen LogP contribution in [0.3, 0.4) is 0 Å². The molecule has 0 bridgehead atoms. The fraction of sp³-hybridized carbons (Fsp3) is 0.375. The van der Waals surface area contributed by atoms with Crippen LogP contribution in [0.2, 0.25) is 0 Å². The smallest absolute Gasteiger partial charge is 0.358 e. The van der Waals surface area contributed by atoms with Crippen molar-refractivity contribution in [3.63, 3.8) is 0 Å². The number of aromatic amines is 1. The van der Waals surface area contributed by atoms with Crippen LogP contribution in [0, 0.1) is 0 Å². The molecular formula is C8H10N6O3S. The molecule has 0 aromatic carbocycles. The summed E-state index contributed by atoms with van der Waals surface area (Å²) in [5.74, 6) is -0.510. The van der Waals surface area contributed by atoms with E-state index in [0.717, 1.165) is 0 Å². The average Bonchev–Trinajstić information content (AvgIpc) is 2.91. The second kappa shape index (κ2) is 5.04. The second-order valence-electron chi connectivity index (χ2n) is 3.39. The van der Waals surface area contributed by atoms with Crippen LogP contribution in [0.5, 0.6) is 0 Å². The predicted octanol–water partition coefficient (Wildman–Crippen LogP) is -0.810. The topological polar surface area (TPSA) is 119 Å². The normalized spacial score (nSPS) is 10.7. The molecule has 0 aliphatic carbocycles. The number of nitrogens with one attached hydrogen (secondary N) is 1. The molecule has 9 nitrogen and oxygen atoms in total. The number of nitrogens with zero attached hydrogens (tertiary/aromatic N) is 5. The number of hydrogen-bond acceptors (Lipinski definition) is 6. The number of carboxylic acids is 1. The van der Waals surface area contributed by atoms with Crippen molar-refractivity contribution in [2.24, 2.45) is 7.05 Å². The van der Waals surface area contributed by atoms with E-state index in [0.29, 0.717) is 17.5 Å². The third-order valence-electron chi connectivity index (χ3n) is 2.15. The Labute approximate surface area is 105 Å². The summed E-state index contributed by atoms with van der Waals surface area (Å²) >= 11 is 1.36. The highest BCUT2D eigenvalue weighted by Crippen LogP contribution is 2.11. The number of aromatic nitrogens is 6.